The molecule has 0 aromatic rings. The molecule has 0 amide bonds. The van der Waals surface area contributed by atoms with Gasteiger partial charge in [0.1, 0.15) is 11.5 Å². The van der Waals surface area contributed by atoms with Crippen molar-refractivity contribution < 1.29 is 0 Å². The Morgan fingerprint density at radius 1 is 1.45 bits per heavy atom. The average molecular weight is 150 g/mol. The number of hydrazine groups is 2. The van der Waals surface area contributed by atoms with Gasteiger partial charge in [-0.2, -0.15) is 0 Å². The number of allylic oxidation sites excluding steroid dienone is 3. The number of fused-ring (bicyclic) bond motifs is 1. The average Bonchev–Trinajstić information content (AvgIpc) is 2.30. The highest BCUT2D eigenvalue weighted by Gasteiger charge is 2.21. The van der Waals surface area contributed by atoms with Gasteiger partial charge in [-0.15, -0.1) is 5.53 Å². The van der Waals surface area contributed by atoms with Gasteiger partial charge in [0.25, 0.3) is 0 Å². The molecule has 0 aromatic heterocycles. The molecule has 0 saturated heterocycles. The molecule has 11 heavy (non-hydrogen) atoms. The van der Waals surface area contributed by atoms with Gasteiger partial charge in [-0.25, -0.2) is 0 Å². The third-order valence-corrected chi connectivity index (χ3v) is 1.74. The van der Waals surface area contributed by atoms with Crippen molar-refractivity contribution in [3.8, 4) is 0 Å². The summed E-state index contributed by atoms with van der Waals surface area (Å²) in [4.78, 5) is 0. The number of nitrogens with two attached hydrogens (primary N) is 1. The Labute approximate surface area is 65.2 Å². The molecule has 0 spiro atoms. The van der Waals surface area contributed by atoms with Crippen molar-refractivity contribution in [3.63, 3.8) is 0 Å². The van der Waals surface area contributed by atoms with Gasteiger partial charge in [0.15, 0.2) is 0 Å². The van der Waals surface area contributed by atoms with Crippen molar-refractivity contribution in [2.45, 2.75) is 0 Å². The van der Waals surface area contributed by atoms with E-state index in [-0.39, 0.29) is 0 Å². The monoisotopic (exact) mass is 150 g/mol. The van der Waals surface area contributed by atoms with Crippen LogP contribution in [0.25, 0.3) is 0 Å². The summed E-state index contributed by atoms with van der Waals surface area (Å²) in [5, 5.41) is 3.64. The topological polar surface area (TPSA) is 44.5 Å². The molecule has 0 aliphatic carbocycles. The van der Waals surface area contributed by atoms with E-state index in [2.05, 4.69) is 5.53 Å². The lowest BCUT2D eigenvalue weighted by Gasteiger charge is -2.18. The minimum atomic E-state index is 0.741. The van der Waals surface area contributed by atoms with Crippen molar-refractivity contribution in [2.24, 2.45) is 5.73 Å². The quantitative estimate of drug-likeness (QED) is 0.504. The first-order valence-electron chi connectivity index (χ1n) is 3.43. The van der Waals surface area contributed by atoms with E-state index in [9.17, 15) is 0 Å². The summed E-state index contributed by atoms with van der Waals surface area (Å²) in [5.41, 5.74) is 9.78. The van der Waals surface area contributed by atoms with Gasteiger partial charge in [-0.05, 0) is 12.2 Å². The van der Waals surface area contributed by atoms with Crippen LogP contribution >= 0.6 is 0 Å². The second-order valence-corrected chi connectivity index (χ2v) is 2.50. The molecule has 2 aliphatic rings. The van der Waals surface area contributed by atoms with E-state index in [1.54, 1.807) is 5.01 Å². The Morgan fingerprint density at radius 2 is 2.27 bits per heavy atom. The molecule has 0 fully saturated rings. The fourth-order valence-corrected chi connectivity index (χ4v) is 1.13. The molecule has 0 saturated carbocycles. The smallest absolute Gasteiger partial charge is 0.140 e. The minimum absolute atomic E-state index is 0.741. The summed E-state index contributed by atoms with van der Waals surface area (Å²) >= 11 is 0. The molecule has 0 unspecified atom stereocenters. The first-order chi connectivity index (χ1) is 5.29. The molecule has 4 nitrogen and oxygen atoms in total. The molecule has 2 rings (SSSR count). The molecule has 2 heterocycles. The van der Waals surface area contributed by atoms with Crippen LogP contribution in [0.4, 0.5) is 0 Å². The van der Waals surface area contributed by atoms with Crippen LogP contribution in [0.1, 0.15) is 0 Å². The van der Waals surface area contributed by atoms with E-state index in [0.717, 1.165) is 11.5 Å². The van der Waals surface area contributed by atoms with E-state index < -0.39 is 0 Å². The second kappa shape index (κ2) is 2.03. The van der Waals surface area contributed by atoms with E-state index in [1.165, 1.54) is 0 Å². The summed E-state index contributed by atoms with van der Waals surface area (Å²) < 4.78 is 0. The number of nitrogens with one attached hydrogen (secondary N) is 1. The maximum atomic E-state index is 5.75. The second-order valence-electron chi connectivity index (χ2n) is 2.50. The normalized spacial score (nSPS) is 21.5. The van der Waals surface area contributed by atoms with Crippen LogP contribution < -0.4 is 11.3 Å². The summed E-state index contributed by atoms with van der Waals surface area (Å²) in [7, 11) is 1.88. The highest BCUT2D eigenvalue weighted by molar-refractivity contribution is 5.31. The van der Waals surface area contributed by atoms with Crippen molar-refractivity contribution in [2.75, 3.05) is 7.05 Å². The lowest BCUT2D eigenvalue weighted by atomic mass is 10.3. The number of hydrogen-bond acceptors (Lipinski definition) is 4. The van der Waals surface area contributed by atoms with Crippen LogP contribution in [0.3, 0.4) is 0 Å². The maximum absolute atomic E-state index is 5.75. The molecule has 4 heteroatoms. The SMILES string of the molecule is CN1NN2C=CC=CC2=C1N. The summed E-state index contributed by atoms with van der Waals surface area (Å²) in [6, 6.07) is 0. The zero-order valence-corrected chi connectivity index (χ0v) is 6.28. The Bertz CT molecular complexity index is 264. The van der Waals surface area contributed by atoms with Crippen LogP contribution in [-0.4, -0.2) is 17.1 Å². The van der Waals surface area contributed by atoms with Gasteiger partial charge in [0.05, 0.1) is 0 Å². The summed E-state index contributed by atoms with van der Waals surface area (Å²) in [5.74, 6) is 0.741. The predicted octanol–water partition coefficient (Wildman–Crippen LogP) is -0.135. The van der Waals surface area contributed by atoms with Crippen molar-refractivity contribution >= 4 is 0 Å². The van der Waals surface area contributed by atoms with E-state index in [0.29, 0.717) is 0 Å². The molecule has 0 radical (unpaired) electrons. The number of rotatable bonds is 0. The van der Waals surface area contributed by atoms with Crippen LogP contribution in [0, 0.1) is 0 Å². The van der Waals surface area contributed by atoms with Crippen LogP contribution in [0.15, 0.2) is 35.9 Å². The van der Waals surface area contributed by atoms with Crippen LogP contribution in [0.2, 0.25) is 0 Å². The van der Waals surface area contributed by atoms with Gasteiger partial charge in [0, 0.05) is 13.2 Å². The highest BCUT2D eigenvalue weighted by atomic mass is 15.8. The lowest BCUT2D eigenvalue weighted by Crippen LogP contribution is -2.37. The Morgan fingerprint density at radius 3 is 3.00 bits per heavy atom. The third-order valence-electron chi connectivity index (χ3n) is 1.74. The van der Waals surface area contributed by atoms with E-state index in [4.69, 9.17) is 5.73 Å². The first-order valence-corrected chi connectivity index (χ1v) is 3.43. The van der Waals surface area contributed by atoms with Crippen LogP contribution in [-0.2, 0) is 0 Å². The van der Waals surface area contributed by atoms with Gasteiger partial charge >= 0.3 is 0 Å². The Kier molecular flexibility index (Phi) is 1.16. The first kappa shape index (κ1) is 6.30. The fraction of sp³-hybridized carbons (Fsp3) is 0.143. The predicted molar refractivity (Wildman–Crippen MR) is 42.2 cm³/mol. The molecule has 0 atom stereocenters. The van der Waals surface area contributed by atoms with Gasteiger partial charge in [-0.3, -0.25) is 10.0 Å². The molecule has 0 bridgehead atoms. The number of nitrogens with zero attached hydrogens (tertiary/aromatic N) is 2. The zero-order valence-electron chi connectivity index (χ0n) is 6.28. The minimum Gasteiger partial charge on any atom is -0.382 e. The van der Waals surface area contributed by atoms with Crippen molar-refractivity contribution in [3.05, 3.63) is 35.9 Å². The summed E-state index contributed by atoms with van der Waals surface area (Å²) in [6.45, 7) is 0. The molecule has 2 aliphatic heterocycles. The van der Waals surface area contributed by atoms with Gasteiger partial charge in [0.2, 0.25) is 0 Å². The third kappa shape index (κ3) is 0.798. The lowest BCUT2D eigenvalue weighted by molar-refractivity contribution is 0.195. The Hall–Kier alpha value is -1.42. The highest BCUT2D eigenvalue weighted by Crippen LogP contribution is 2.18. The van der Waals surface area contributed by atoms with Crippen molar-refractivity contribution in [1.82, 2.24) is 15.6 Å². The van der Waals surface area contributed by atoms with E-state index >= 15 is 0 Å². The van der Waals surface area contributed by atoms with Crippen molar-refractivity contribution in [1.29, 1.82) is 0 Å². The molecular weight excluding hydrogens is 140 g/mol. The standard InChI is InChI=1S/C7H10N4/c1-10-7(8)6-4-2-3-5-11(6)9-10/h2-5,9H,8H2,1H3. The summed E-state index contributed by atoms with van der Waals surface area (Å²) in [6.07, 6.45) is 7.79. The van der Waals surface area contributed by atoms with Crippen LogP contribution in [0.5, 0.6) is 0 Å². The zero-order chi connectivity index (χ0) is 7.84. The maximum Gasteiger partial charge on any atom is 0.140 e. The molecule has 3 N–H and O–H groups in total. The molecule has 58 valence electrons. The number of hydrogen-bond donors (Lipinski definition) is 2. The molecule has 0 aromatic carbocycles. The van der Waals surface area contributed by atoms with E-state index in [1.807, 2.05) is 36.5 Å². The van der Waals surface area contributed by atoms with Gasteiger partial charge < -0.3 is 5.73 Å². The molecular formula is C7H10N4. The fourth-order valence-electron chi connectivity index (χ4n) is 1.13. The van der Waals surface area contributed by atoms with Gasteiger partial charge in [-0.1, -0.05) is 6.08 Å². The Balaban J connectivity index is 2.39. The largest absolute Gasteiger partial charge is 0.382 e.